The molecule has 1 fully saturated rings. The molecule has 2 atom stereocenters. The Morgan fingerprint density at radius 2 is 2.05 bits per heavy atom. The maximum absolute atomic E-state index is 10.9. The fourth-order valence-corrected chi connectivity index (χ4v) is 4.43. The van der Waals surface area contributed by atoms with Crippen molar-refractivity contribution in [2.45, 2.75) is 64.9 Å². The molecule has 0 bridgehead atoms. The summed E-state index contributed by atoms with van der Waals surface area (Å²) >= 11 is 7.57. The van der Waals surface area contributed by atoms with Gasteiger partial charge in [-0.15, -0.1) is 11.3 Å². The molecule has 1 N–H and O–H groups in total. The number of halogens is 1. The van der Waals surface area contributed by atoms with Gasteiger partial charge in [0.1, 0.15) is 0 Å². The van der Waals surface area contributed by atoms with Crippen LogP contribution < -0.4 is 0 Å². The molecule has 0 spiro atoms. The highest BCUT2D eigenvalue weighted by Gasteiger charge is 2.35. The third-order valence-corrected chi connectivity index (χ3v) is 5.74. The standard InChI is InChI=1S/C16H25ClOS/c1-15(2,3)12-5-4-9-16(18,10-8-12)11-13-6-7-14(17)19-13/h6-7,12,18H,4-5,8-11H2,1-3H3. The lowest BCUT2D eigenvalue weighted by atomic mass is 9.76. The first kappa shape index (κ1) is 15.3. The Morgan fingerprint density at radius 1 is 1.32 bits per heavy atom. The Balaban J connectivity index is 2.01. The van der Waals surface area contributed by atoms with Crippen molar-refractivity contribution in [1.82, 2.24) is 0 Å². The summed E-state index contributed by atoms with van der Waals surface area (Å²) in [7, 11) is 0. The molecule has 0 saturated heterocycles. The zero-order valence-electron chi connectivity index (χ0n) is 12.2. The first-order valence-corrected chi connectivity index (χ1v) is 8.45. The molecule has 1 aliphatic rings. The van der Waals surface area contributed by atoms with Crippen LogP contribution in [0.5, 0.6) is 0 Å². The van der Waals surface area contributed by atoms with Gasteiger partial charge in [-0.2, -0.15) is 0 Å². The predicted molar refractivity (Wildman–Crippen MR) is 84.0 cm³/mol. The van der Waals surface area contributed by atoms with E-state index in [9.17, 15) is 5.11 Å². The minimum Gasteiger partial charge on any atom is -0.390 e. The highest BCUT2D eigenvalue weighted by Crippen LogP contribution is 2.41. The molecule has 1 aliphatic carbocycles. The first-order valence-electron chi connectivity index (χ1n) is 7.25. The van der Waals surface area contributed by atoms with Crippen molar-refractivity contribution < 1.29 is 5.11 Å². The van der Waals surface area contributed by atoms with Gasteiger partial charge < -0.3 is 5.11 Å². The smallest absolute Gasteiger partial charge is 0.0931 e. The third-order valence-electron chi connectivity index (χ3n) is 4.51. The van der Waals surface area contributed by atoms with E-state index < -0.39 is 5.60 Å². The molecule has 2 rings (SSSR count). The average Bonchev–Trinajstić information content (AvgIpc) is 2.56. The molecular formula is C16H25ClOS. The molecule has 1 aromatic rings. The topological polar surface area (TPSA) is 20.2 Å². The molecule has 0 radical (unpaired) electrons. The zero-order valence-corrected chi connectivity index (χ0v) is 13.8. The van der Waals surface area contributed by atoms with Crippen molar-refractivity contribution in [3.8, 4) is 0 Å². The van der Waals surface area contributed by atoms with E-state index in [0.717, 1.165) is 42.4 Å². The van der Waals surface area contributed by atoms with Crippen LogP contribution in [0.4, 0.5) is 0 Å². The van der Waals surface area contributed by atoms with Crippen molar-refractivity contribution in [3.63, 3.8) is 0 Å². The number of aliphatic hydroxyl groups is 1. The molecule has 2 unspecified atom stereocenters. The van der Waals surface area contributed by atoms with E-state index in [1.54, 1.807) is 11.3 Å². The second-order valence-corrected chi connectivity index (χ2v) is 8.90. The van der Waals surface area contributed by atoms with Crippen LogP contribution in [-0.4, -0.2) is 10.7 Å². The van der Waals surface area contributed by atoms with E-state index >= 15 is 0 Å². The van der Waals surface area contributed by atoms with Gasteiger partial charge in [0.25, 0.3) is 0 Å². The van der Waals surface area contributed by atoms with Crippen molar-refractivity contribution in [1.29, 1.82) is 0 Å². The van der Waals surface area contributed by atoms with Gasteiger partial charge in [0.2, 0.25) is 0 Å². The van der Waals surface area contributed by atoms with E-state index in [2.05, 4.69) is 26.8 Å². The largest absolute Gasteiger partial charge is 0.390 e. The Bertz CT molecular complexity index is 421. The first-order chi connectivity index (χ1) is 8.78. The van der Waals surface area contributed by atoms with Gasteiger partial charge in [-0.1, -0.05) is 38.8 Å². The highest BCUT2D eigenvalue weighted by molar-refractivity contribution is 7.16. The van der Waals surface area contributed by atoms with E-state index in [1.807, 2.05) is 6.07 Å². The summed E-state index contributed by atoms with van der Waals surface area (Å²) in [6.45, 7) is 6.96. The maximum Gasteiger partial charge on any atom is 0.0931 e. The molecule has 108 valence electrons. The molecule has 1 nitrogen and oxygen atoms in total. The lowest BCUT2D eigenvalue weighted by Crippen LogP contribution is -2.30. The average molecular weight is 301 g/mol. The van der Waals surface area contributed by atoms with Gasteiger partial charge in [0, 0.05) is 11.3 Å². The summed E-state index contributed by atoms with van der Waals surface area (Å²) in [6, 6.07) is 3.98. The summed E-state index contributed by atoms with van der Waals surface area (Å²) in [5.74, 6) is 0.730. The predicted octanol–water partition coefficient (Wildman–Crippen LogP) is 5.30. The van der Waals surface area contributed by atoms with Crippen LogP contribution in [0, 0.1) is 11.3 Å². The second kappa shape index (κ2) is 5.75. The molecular weight excluding hydrogens is 276 g/mol. The van der Waals surface area contributed by atoms with Crippen LogP contribution in [0.25, 0.3) is 0 Å². The Morgan fingerprint density at radius 3 is 2.63 bits per heavy atom. The van der Waals surface area contributed by atoms with Gasteiger partial charge in [-0.05, 0) is 49.1 Å². The molecule has 1 aromatic heterocycles. The molecule has 0 amide bonds. The van der Waals surface area contributed by atoms with Gasteiger partial charge in [-0.3, -0.25) is 0 Å². The number of thiophene rings is 1. The van der Waals surface area contributed by atoms with Crippen molar-refractivity contribution in [2.75, 3.05) is 0 Å². The maximum atomic E-state index is 10.9. The summed E-state index contributed by atoms with van der Waals surface area (Å²) in [5, 5.41) is 10.9. The second-order valence-electron chi connectivity index (χ2n) is 7.10. The monoisotopic (exact) mass is 300 g/mol. The quantitative estimate of drug-likeness (QED) is 0.735. The van der Waals surface area contributed by atoms with Crippen LogP contribution >= 0.6 is 22.9 Å². The summed E-state index contributed by atoms with van der Waals surface area (Å²) in [6.07, 6.45) is 6.13. The lowest BCUT2D eigenvalue weighted by Gasteiger charge is -2.31. The Hall–Kier alpha value is -0.0500. The van der Waals surface area contributed by atoms with Crippen molar-refractivity contribution in [3.05, 3.63) is 21.3 Å². The van der Waals surface area contributed by atoms with E-state index in [1.165, 1.54) is 11.3 Å². The van der Waals surface area contributed by atoms with Crippen molar-refractivity contribution in [2.24, 2.45) is 11.3 Å². The zero-order chi connectivity index (χ0) is 14.1. The van der Waals surface area contributed by atoms with Gasteiger partial charge in [-0.25, -0.2) is 0 Å². The number of hydrogen-bond donors (Lipinski definition) is 1. The van der Waals surface area contributed by atoms with E-state index in [0.29, 0.717) is 5.41 Å². The minimum absolute atomic E-state index is 0.359. The van der Waals surface area contributed by atoms with Crippen LogP contribution in [-0.2, 0) is 6.42 Å². The Labute approximate surface area is 126 Å². The summed E-state index contributed by atoms with van der Waals surface area (Å²) in [4.78, 5) is 1.21. The molecule has 1 saturated carbocycles. The number of hydrogen-bond acceptors (Lipinski definition) is 2. The molecule has 1 heterocycles. The van der Waals surface area contributed by atoms with Crippen LogP contribution in [0.2, 0.25) is 4.34 Å². The van der Waals surface area contributed by atoms with E-state index in [-0.39, 0.29) is 0 Å². The van der Waals surface area contributed by atoms with Gasteiger partial charge >= 0.3 is 0 Å². The third kappa shape index (κ3) is 4.21. The molecule has 0 aromatic carbocycles. The molecule has 19 heavy (non-hydrogen) atoms. The van der Waals surface area contributed by atoms with Crippen LogP contribution in [0.3, 0.4) is 0 Å². The molecule has 0 aliphatic heterocycles. The normalized spacial score (nSPS) is 29.2. The van der Waals surface area contributed by atoms with Crippen LogP contribution in [0.1, 0.15) is 57.8 Å². The van der Waals surface area contributed by atoms with Crippen LogP contribution in [0.15, 0.2) is 12.1 Å². The summed E-state index contributed by atoms with van der Waals surface area (Å²) < 4.78 is 0.819. The highest BCUT2D eigenvalue weighted by atomic mass is 35.5. The fourth-order valence-electron chi connectivity index (χ4n) is 3.20. The Kier molecular flexibility index (Phi) is 4.64. The van der Waals surface area contributed by atoms with E-state index in [4.69, 9.17) is 11.6 Å². The summed E-state index contributed by atoms with van der Waals surface area (Å²) in [5.41, 5.74) is -0.161. The number of rotatable bonds is 2. The van der Waals surface area contributed by atoms with Gasteiger partial charge in [0.05, 0.1) is 9.94 Å². The lowest BCUT2D eigenvalue weighted by molar-refractivity contribution is 0.0233. The fraction of sp³-hybridized carbons (Fsp3) is 0.750. The minimum atomic E-state index is -0.520. The molecule has 3 heteroatoms. The van der Waals surface area contributed by atoms with Crippen molar-refractivity contribution >= 4 is 22.9 Å². The van der Waals surface area contributed by atoms with Gasteiger partial charge in [0.15, 0.2) is 0 Å². The SMILES string of the molecule is CC(C)(C)C1CCCC(O)(Cc2ccc(Cl)s2)CC1.